The summed E-state index contributed by atoms with van der Waals surface area (Å²) in [5, 5.41) is 23.3. The molecule has 96 valence electrons. The lowest BCUT2D eigenvalue weighted by atomic mass is 10.2. The van der Waals surface area contributed by atoms with Crippen LogP contribution in [0.4, 0.5) is 0 Å². The molecule has 0 atom stereocenters. The second-order valence-electron chi connectivity index (χ2n) is 4.22. The van der Waals surface area contributed by atoms with E-state index in [1.165, 1.54) is 4.52 Å². The molecule has 0 aromatic carbocycles. The van der Waals surface area contributed by atoms with Gasteiger partial charge in [0.05, 0.1) is 17.5 Å². The van der Waals surface area contributed by atoms with Gasteiger partial charge in [-0.25, -0.2) is 4.98 Å². The largest absolute Gasteiger partial charge is 0.493 e. The van der Waals surface area contributed by atoms with Gasteiger partial charge >= 0.3 is 0 Å². The number of aromatic nitrogens is 5. The maximum atomic E-state index is 9.70. The fraction of sp³-hybridized carbons (Fsp3) is 0.167. The van der Waals surface area contributed by atoms with Crippen LogP contribution in [0.2, 0.25) is 0 Å². The summed E-state index contributed by atoms with van der Waals surface area (Å²) in [4.78, 5) is 12.5. The van der Waals surface area contributed by atoms with Crippen LogP contribution in [0.3, 0.4) is 0 Å². The van der Waals surface area contributed by atoms with Crippen molar-refractivity contribution in [3.63, 3.8) is 0 Å². The van der Waals surface area contributed by atoms with Crippen LogP contribution in [-0.4, -0.2) is 34.8 Å². The summed E-state index contributed by atoms with van der Waals surface area (Å²) in [7, 11) is 0. The summed E-state index contributed by atoms with van der Waals surface area (Å²) in [5.41, 5.74) is 3.03. The van der Waals surface area contributed by atoms with Crippen molar-refractivity contribution in [1.82, 2.24) is 24.6 Å². The van der Waals surface area contributed by atoms with E-state index in [-0.39, 0.29) is 11.8 Å². The standard InChI is InChI=1S/C12H11N5O2/c1-6-5-13-7(2)12(14-6)8-3-9-15-10(18)4-11(19)17(9)16-8/h3-5,19H,1-2H3,(H,15,18). The third kappa shape index (κ3) is 1.85. The number of nitrogens with zero attached hydrogens (tertiary/aromatic N) is 5. The van der Waals surface area contributed by atoms with Gasteiger partial charge in [0.25, 0.3) is 0 Å². The first-order chi connectivity index (χ1) is 9.04. The molecule has 0 fully saturated rings. The van der Waals surface area contributed by atoms with Gasteiger partial charge in [-0.05, 0) is 13.8 Å². The molecule has 0 radical (unpaired) electrons. The summed E-state index contributed by atoms with van der Waals surface area (Å²) >= 11 is 0. The van der Waals surface area contributed by atoms with Crippen molar-refractivity contribution in [1.29, 1.82) is 0 Å². The van der Waals surface area contributed by atoms with E-state index in [4.69, 9.17) is 0 Å². The van der Waals surface area contributed by atoms with Crippen LogP contribution >= 0.6 is 0 Å². The lowest BCUT2D eigenvalue weighted by molar-refractivity contribution is 0.413. The van der Waals surface area contributed by atoms with Crippen LogP contribution in [0.15, 0.2) is 18.3 Å². The molecule has 0 spiro atoms. The maximum absolute atomic E-state index is 9.70. The quantitative estimate of drug-likeness (QED) is 0.680. The first kappa shape index (κ1) is 11.4. The number of aryl methyl sites for hydroxylation is 2. The van der Waals surface area contributed by atoms with Crippen molar-refractivity contribution in [2.45, 2.75) is 13.8 Å². The highest BCUT2D eigenvalue weighted by Gasteiger charge is 2.13. The van der Waals surface area contributed by atoms with Gasteiger partial charge in [-0.15, -0.1) is 0 Å². The highest BCUT2D eigenvalue weighted by atomic mass is 16.3. The molecule has 0 unspecified atom stereocenters. The number of rotatable bonds is 1. The molecule has 3 rings (SSSR count). The molecule has 3 heterocycles. The van der Waals surface area contributed by atoms with Crippen LogP contribution in [0.5, 0.6) is 11.8 Å². The van der Waals surface area contributed by atoms with Gasteiger partial charge in [-0.2, -0.15) is 14.6 Å². The number of hydrogen-bond acceptors (Lipinski definition) is 6. The highest BCUT2D eigenvalue weighted by Crippen LogP contribution is 2.24. The lowest BCUT2D eigenvalue weighted by Crippen LogP contribution is -1.95. The van der Waals surface area contributed by atoms with Crippen molar-refractivity contribution in [3.8, 4) is 23.1 Å². The molecule has 3 aromatic heterocycles. The third-order valence-electron chi connectivity index (χ3n) is 2.71. The molecule has 7 heteroatoms. The Morgan fingerprint density at radius 3 is 2.68 bits per heavy atom. The minimum Gasteiger partial charge on any atom is -0.493 e. The van der Waals surface area contributed by atoms with Gasteiger partial charge in [0, 0.05) is 12.3 Å². The zero-order valence-electron chi connectivity index (χ0n) is 10.4. The Morgan fingerprint density at radius 2 is 1.89 bits per heavy atom. The van der Waals surface area contributed by atoms with E-state index < -0.39 is 0 Å². The van der Waals surface area contributed by atoms with Crippen LogP contribution < -0.4 is 0 Å². The first-order valence-corrected chi connectivity index (χ1v) is 5.64. The zero-order chi connectivity index (χ0) is 13.6. The molecule has 2 N–H and O–H groups in total. The summed E-state index contributed by atoms with van der Waals surface area (Å²) < 4.78 is 1.23. The van der Waals surface area contributed by atoms with Gasteiger partial charge in [-0.3, -0.25) is 4.98 Å². The molecule has 3 aromatic rings. The lowest BCUT2D eigenvalue weighted by Gasteiger charge is -2.01. The molecule has 0 bridgehead atoms. The Labute approximate surface area is 108 Å². The van der Waals surface area contributed by atoms with E-state index in [0.717, 1.165) is 17.5 Å². The second kappa shape index (κ2) is 3.91. The second-order valence-corrected chi connectivity index (χ2v) is 4.22. The topological polar surface area (TPSA) is 96.4 Å². The Morgan fingerprint density at radius 1 is 1.11 bits per heavy atom. The molecular formula is C12H11N5O2. The van der Waals surface area contributed by atoms with E-state index in [9.17, 15) is 10.2 Å². The van der Waals surface area contributed by atoms with Gasteiger partial charge in [0.15, 0.2) is 5.65 Å². The summed E-state index contributed by atoms with van der Waals surface area (Å²) in [6, 6.07) is 2.76. The molecule has 0 aliphatic rings. The molecule has 19 heavy (non-hydrogen) atoms. The molecule has 0 amide bonds. The number of fused-ring (bicyclic) bond motifs is 1. The summed E-state index contributed by atoms with van der Waals surface area (Å²) in [5.74, 6) is -0.449. The van der Waals surface area contributed by atoms with E-state index >= 15 is 0 Å². The third-order valence-corrected chi connectivity index (χ3v) is 2.71. The van der Waals surface area contributed by atoms with E-state index in [1.54, 1.807) is 12.3 Å². The van der Waals surface area contributed by atoms with E-state index in [2.05, 4.69) is 20.1 Å². The fourth-order valence-electron chi connectivity index (χ4n) is 1.84. The minimum absolute atomic E-state index is 0.188. The Balaban J connectivity index is 2.26. The maximum Gasteiger partial charge on any atom is 0.219 e. The molecule has 0 saturated heterocycles. The van der Waals surface area contributed by atoms with Crippen molar-refractivity contribution >= 4 is 5.65 Å². The summed E-state index contributed by atoms with van der Waals surface area (Å²) in [6.07, 6.45) is 1.68. The number of hydrogen-bond donors (Lipinski definition) is 2. The Kier molecular flexibility index (Phi) is 2.34. The zero-order valence-corrected chi connectivity index (χ0v) is 10.4. The number of aromatic hydroxyl groups is 2. The van der Waals surface area contributed by atoms with Gasteiger partial charge in [0.2, 0.25) is 11.8 Å². The van der Waals surface area contributed by atoms with Gasteiger partial charge in [0.1, 0.15) is 11.4 Å². The smallest absolute Gasteiger partial charge is 0.219 e. The van der Waals surface area contributed by atoms with Crippen molar-refractivity contribution < 1.29 is 10.2 Å². The SMILES string of the molecule is Cc1cnc(C)c(-c2cc3nc(O)cc(O)n3n2)n1. The van der Waals surface area contributed by atoms with Crippen LogP contribution in [0, 0.1) is 13.8 Å². The van der Waals surface area contributed by atoms with Crippen molar-refractivity contribution in [3.05, 3.63) is 29.7 Å². The highest BCUT2D eigenvalue weighted by molar-refractivity contribution is 5.63. The molecule has 0 aliphatic heterocycles. The first-order valence-electron chi connectivity index (χ1n) is 5.64. The average Bonchev–Trinajstić information content (AvgIpc) is 2.76. The van der Waals surface area contributed by atoms with Crippen LogP contribution in [-0.2, 0) is 0 Å². The average molecular weight is 257 g/mol. The van der Waals surface area contributed by atoms with Crippen molar-refractivity contribution in [2.75, 3.05) is 0 Å². The Hall–Kier alpha value is -2.70. The van der Waals surface area contributed by atoms with Crippen molar-refractivity contribution in [2.24, 2.45) is 0 Å². The normalized spacial score (nSPS) is 11.1. The molecular weight excluding hydrogens is 246 g/mol. The van der Waals surface area contributed by atoms with Crippen LogP contribution in [0.25, 0.3) is 17.0 Å². The molecule has 7 nitrogen and oxygen atoms in total. The predicted octanol–water partition coefficient (Wildman–Crippen LogP) is 1.21. The predicted molar refractivity (Wildman–Crippen MR) is 66.8 cm³/mol. The van der Waals surface area contributed by atoms with Crippen LogP contribution in [0.1, 0.15) is 11.4 Å². The fourth-order valence-corrected chi connectivity index (χ4v) is 1.84. The molecule has 0 aliphatic carbocycles. The van der Waals surface area contributed by atoms with E-state index in [0.29, 0.717) is 17.0 Å². The monoisotopic (exact) mass is 257 g/mol. The van der Waals surface area contributed by atoms with E-state index in [1.807, 2.05) is 13.8 Å². The summed E-state index contributed by atoms with van der Waals surface area (Å²) in [6.45, 7) is 3.67. The minimum atomic E-state index is -0.261. The van der Waals surface area contributed by atoms with Gasteiger partial charge < -0.3 is 10.2 Å². The van der Waals surface area contributed by atoms with Gasteiger partial charge in [-0.1, -0.05) is 0 Å². The molecule has 0 saturated carbocycles. The Bertz CT molecular complexity index is 781.